The maximum absolute atomic E-state index is 13.5. The Labute approximate surface area is 223 Å². The number of fused-ring (bicyclic) bond motifs is 1. The molecule has 0 spiro atoms. The van der Waals surface area contributed by atoms with Crippen LogP contribution >= 0.6 is 0 Å². The highest BCUT2D eigenvalue weighted by Crippen LogP contribution is 2.32. The van der Waals surface area contributed by atoms with Crippen LogP contribution in [0.2, 0.25) is 0 Å². The number of carboxylic acid groups (broad SMARTS) is 1. The lowest BCUT2D eigenvalue weighted by Crippen LogP contribution is -2.48. The van der Waals surface area contributed by atoms with Gasteiger partial charge in [-0.3, -0.25) is 28.4 Å². The van der Waals surface area contributed by atoms with Crippen LogP contribution in [0.15, 0.2) is 33.9 Å². The summed E-state index contributed by atoms with van der Waals surface area (Å²) in [6.45, 7) is 5.13. The molecule has 208 valence electrons. The van der Waals surface area contributed by atoms with Crippen LogP contribution in [0.25, 0.3) is 10.9 Å². The summed E-state index contributed by atoms with van der Waals surface area (Å²) in [6.07, 6.45) is 10.6. The molecule has 1 saturated carbocycles. The smallest absolute Gasteiger partial charge is 0.331 e. The van der Waals surface area contributed by atoms with Crippen LogP contribution in [0.1, 0.15) is 71.6 Å². The lowest BCUT2D eigenvalue weighted by molar-refractivity contribution is -0.138. The second-order valence-corrected chi connectivity index (χ2v) is 11.4. The highest BCUT2D eigenvalue weighted by atomic mass is 16.4. The van der Waals surface area contributed by atoms with E-state index in [4.69, 9.17) is 5.11 Å². The minimum Gasteiger partial charge on any atom is -0.480 e. The average Bonchev–Trinajstić information content (AvgIpc) is 2.89. The summed E-state index contributed by atoms with van der Waals surface area (Å²) in [4.78, 5) is 52.6. The topological polar surface area (TPSA) is 114 Å². The number of aromatic nitrogens is 2. The zero-order chi connectivity index (χ0) is 27.2. The molecule has 1 amide bonds. The number of nitrogens with zero attached hydrogens (tertiary/aromatic N) is 3. The summed E-state index contributed by atoms with van der Waals surface area (Å²) in [5, 5.41) is 11.5. The number of piperidine rings is 1. The molecule has 9 heteroatoms. The number of carboxylic acids is 1. The number of carbonyl (C=O) groups excluding carboxylic acids is 1. The van der Waals surface area contributed by atoms with Crippen LogP contribution in [0.4, 0.5) is 0 Å². The van der Waals surface area contributed by atoms with Gasteiger partial charge in [-0.25, -0.2) is 4.79 Å². The monoisotopic (exact) mass is 526 g/mol. The van der Waals surface area contributed by atoms with E-state index in [-0.39, 0.29) is 18.6 Å². The Morgan fingerprint density at radius 1 is 0.974 bits per heavy atom. The fourth-order valence-corrected chi connectivity index (χ4v) is 6.58. The van der Waals surface area contributed by atoms with Crippen molar-refractivity contribution in [2.45, 2.75) is 96.8 Å². The Bertz CT molecular complexity index is 1250. The number of aliphatic carboxylic acids is 1. The van der Waals surface area contributed by atoms with E-state index in [1.165, 1.54) is 47.7 Å². The van der Waals surface area contributed by atoms with Crippen molar-refractivity contribution in [1.29, 1.82) is 0 Å². The molecule has 2 aromatic rings. The number of amides is 1. The van der Waals surface area contributed by atoms with E-state index in [9.17, 15) is 19.2 Å². The van der Waals surface area contributed by atoms with E-state index in [1.807, 2.05) is 0 Å². The molecular formula is C29H42N4O5. The molecule has 2 aliphatic rings. The molecule has 1 aromatic carbocycles. The molecule has 2 fully saturated rings. The summed E-state index contributed by atoms with van der Waals surface area (Å²) in [5.74, 6) is -0.147. The van der Waals surface area contributed by atoms with Crippen molar-refractivity contribution < 1.29 is 14.7 Å². The van der Waals surface area contributed by atoms with Gasteiger partial charge in [-0.2, -0.15) is 0 Å². The van der Waals surface area contributed by atoms with Crippen molar-refractivity contribution in [1.82, 2.24) is 19.4 Å². The summed E-state index contributed by atoms with van der Waals surface area (Å²) >= 11 is 0. The van der Waals surface area contributed by atoms with Crippen molar-refractivity contribution in [2.24, 2.45) is 11.8 Å². The SMILES string of the molecule is C[C@H]1CCC[C@@H](CCN2[C@H](CCn3c(=O)c4ccccc4n(CC(=O)NCC(=O)O)c3=O)CCC[C@@H]2C)C1. The van der Waals surface area contributed by atoms with Crippen LogP contribution in [-0.4, -0.2) is 56.2 Å². The molecule has 1 aliphatic carbocycles. The van der Waals surface area contributed by atoms with Gasteiger partial charge in [-0.1, -0.05) is 44.7 Å². The van der Waals surface area contributed by atoms with E-state index in [0.29, 0.717) is 29.4 Å². The van der Waals surface area contributed by atoms with Crippen LogP contribution in [0, 0.1) is 11.8 Å². The van der Waals surface area contributed by atoms with E-state index in [1.54, 1.807) is 24.3 Å². The number of benzene rings is 1. The highest BCUT2D eigenvalue weighted by Gasteiger charge is 2.29. The number of rotatable bonds is 10. The first-order chi connectivity index (χ1) is 18.2. The van der Waals surface area contributed by atoms with Crippen LogP contribution in [0.5, 0.6) is 0 Å². The van der Waals surface area contributed by atoms with E-state index in [2.05, 4.69) is 24.1 Å². The van der Waals surface area contributed by atoms with Gasteiger partial charge < -0.3 is 10.4 Å². The van der Waals surface area contributed by atoms with Gasteiger partial charge >= 0.3 is 11.7 Å². The summed E-state index contributed by atoms with van der Waals surface area (Å²) in [5.41, 5.74) is -0.510. The normalized spacial score (nSPS) is 24.4. The maximum Gasteiger partial charge on any atom is 0.331 e. The van der Waals surface area contributed by atoms with Gasteiger partial charge in [0.2, 0.25) is 5.91 Å². The lowest BCUT2D eigenvalue weighted by atomic mass is 9.80. The molecule has 1 aliphatic heterocycles. The zero-order valence-electron chi connectivity index (χ0n) is 22.7. The van der Waals surface area contributed by atoms with Crippen LogP contribution in [0.3, 0.4) is 0 Å². The van der Waals surface area contributed by atoms with Gasteiger partial charge in [-0.05, 0) is 69.5 Å². The Morgan fingerprint density at radius 3 is 2.50 bits per heavy atom. The van der Waals surface area contributed by atoms with Crippen molar-refractivity contribution in [3.05, 3.63) is 45.1 Å². The van der Waals surface area contributed by atoms with E-state index >= 15 is 0 Å². The Hall–Kier alpha value is -2.94. The molecule has 2 heterocycles. The van der Waals surface area contributed by atoms with Crippen molar-refractivity contribution in [2.75, 3.05) is 13.1 Å². The summed E-state index contributed by atoms with van der Waals surface area (Å²) in [7, 11) is 0. The molecule has 1 saturated heterocycles. The molecule has 0 radical (unpaired) electrons. The summed E-state index contributed by atoms with van der Waals surface area (Å²) < 4.78 is 2.53. The number of para-hydroxylation sites is 1. The maximum atomic E-state index is 13.5. The molecule has 4 rings (SSSR count). The predicted molar refractivity (Wildman–Crippen MR) is 147 cm³/mol. The number of likely N-dealkylation sites (tertiary alicyclic amines) is 1. The van der Waals surface area contributed by atoms with Gasteiger partial charge in [0, 0.05) is 18.6 Å². The summed E-state index contributed by atoms with van der Waals surface area (Å²) in [6, 6.07) is 7.56. The van der Waals surface area contributed by atoms with Gasteiger partial charge in [0.05, 0.1) is 10.9 Å². The van der Waals surface area contributed by atoms with Gasteiger partial charge in [-0.15, -0.1) is 0 Å². The largest absolute Gasteiger partial charge is 0.480 e. The van der Waals surface area contributed by atoms with E-state index < -0.39 is 24.1 Å². The van der Waals surface area contributed by atoms with Crippen LogP contribution in [-0.2, 0) is 22.7 Å². The minimum absolute atomic E-state index is 0.285. The third kappa shape index (κ3) is 6.73. The van der Waals surface area contributed by atoms with E-state index in [0.717, 1.165) is 31.2 Å². The number of hydrogen-bond donors (Lipinski definition) is 2. The predicted octanol–water partition coefficient (Wildman–Crippen LogP) is 3.21. The second-order valence-electron chi connectivity index (χ2n) is 11.4. The number of hydrogen-bond acceptors (Lipinski definition) is 5. The molecule has 4 atom stereocenters. The molecule has 1 aromatic heterocycles. The average molecular weight is 527 g/mol. The van der Waals surface area contributed by atoms with Crippen molar-refractivity contribution in [3.8, 4) is 0 Å². The number of carbonyl (C=O) groups is 2. The third-order valence-electron chi connectivity index (χ3n) is 8.59. The standard InChI is InChI=1S/C29H42N4O5/c1-20-7-5-9-22(17-20)13-15-31-21(2)8-6-10-23(31)14-16-32-28(37)24-11-3-4-12-25(24)33(29(32)38)19-26(34)30-18-27(35)36/h3-4,11-12,20-23H,5-10,13-19H2,1-2H3,(H,30,34)(H,35,36)/t20-,21-,22-,23-/m0/s1. The van der Waals surface area contributed by atoms with Gasteiger partial charge in [0.25, 0.3) is 5.56 Å². The molecule has 2 N–H and O–H groups in total. The Kier molecular flexibility index (Phi) is 9.41. The Balaban J connectivity index is 1.52. The highest BCUT2D eigenvalue weighted by molar-refractivity contribution is 5.83. The van der Waals surface area contributed by atoms with Crippen LogP contribution < -0.4 is 16.6 Å². The van der Waals surface area contributed by atoms with Crippen molar-refractivity contribution >= 4 is 22.8 Å². The van der Waals surface area contributed by atoms with Crippen molar-refractivity contribution in [3.63, 3.8) is 0 Å². The molecular weight excluding hydrogens is 484 g/mol. The first-order valence-corrected chi connectivity index (χ1v) is 14.2. The Morgan fingerprint density at radius 2 is 1.74 bits per heavy atom. The minimum atomic E-state index is -1.16. The fourth-order valence-electron chi connectivity index (χ4n) is 6.58. The first-order valence-electron chi connectivity index (χ1n) is 14.2. The molecule has 38 heavy (non-hydrogen) atoms. The first kappa shape index (κ1) is 28.1. The van der Waals surface area contributed by atoms with Gasteiger partial charge in [0.1, 0.15) is 13.1 Å². The fraction of sp³-hybridized carbons (Fsp3) is 0.655. The molecule has 0 bridgehead atoms. The zero-order valence-corrected chi connectivity index (χ0v) is 22.7. The molecule has 0 unspecified atom stereocenters. The lowest BCUT2D eigenvalue weighted by Gasteiger charge is -2.42. The van der Waals surface area contributed by atoms with Gasteiger partial charge in [0.15, 0.2) is 0 Å². The number of nitrogens with one attached hydrogen (secondary N) is 1. The second kappa shape index (κ2) is 12.7. The third-order valence-corrected chi connectivity index (χ3v) is 8.59. The quantitative estimate of drug-likeness (QED) is 0.492. The molecule has 9 nitrogen and oxygen atoms in total.